The Morgan fingerprint density at radius 1 is 1.21 bits per heavy atom. The molecular weight excluding hydrogens is 240 g/mol. The topological polar surface area (TPSA) is 42.6 Å². The number of para-hydroxylation sites is 1. The van der Waals surface area contributed by atoms with Gasteiger partial charge >= 0.3 is 0 Å². The first-order valence-corrected chi connectivity index (χ1v) is 6.79. The van der Waals surface area contributed by atoms with E-state index in [1.807, 2.05) is 24.3 Å². The zero-order valence-corrected chi connectivity index (χ0v) is 10.8. The molecule has 1 atom stereocenters. The highest BCUT2D eigenvalue weighted by Crippen LogP contribution is 2.34. The molecule has 1 N–H and O–H groups in total. The molecule has 0 saturated carbocycles. The number of aliphatic hydroxyl groups is 1. The molecule has 1 unspecified atom stereocenters. The average molecular weight is 258 g/mol. The SMILES string of the molecule is OC(CCc1ccco1)c1cccc2c1OCCC2. The lowest BCUT2D eigenvalue weighted by molar-refractivity contribution is 0.157. The van der Waals surface area contributed by atoms with Gasteiger partial charge in [-0.05, 0) is 37.0 Å². The van der Waals surface area contributed by atoms with Crippen LogP contribution in [-0.2, 0) is 12.8 Å². The van der Waals surface area contributed by atoms with E-state index in [1.165, 1.54) is 5.56 Å². The molecule has 0 saturated heterocycles. The summed E-state index contributed by atoms with van der Waals surface area (Å²) >= 11 is 0. The van der Waals surface area contributed by atoms with Crippen molar-refractivity contribution in [1.29, 1.82) is 0 Å². The molecule has 100 valence electrons. The van der Waals surface area contributed by atoms with E-state index in [-0.39, 0.29) is 0 Å². The van der Waals surface area contributed by atoms with Crippen LogP contribution in [0.25, 0.3) is 0 Å². The summed E-state index contributed by atoms with van der Waals surface area (Å²) in [5.74, 6) is 1.80. The van der Waals surface area contributed by atoms with E-state index in [9.17, 15) is 5.11 Å². The maximum absolute atomic E-state index is 10.4. The molecule has 2 aromatic rings. The Morgan fingerprint density at radius 2 is 2.16 bits per heavy atom. The summed E-state index contributed by atoms with van der Waals surface area (Å²) in [5, 5.41) is 10.4. The number of benzene rings is 1. The van der Waals surface area contributed by atoms with Crippen LogP contribution in [0.4, 0.5) is 0 Å². The van der Waals surface area contributed by atoms with Crippen LogP contribution in [0.1, 0.15) is 35.8 Å². The van der Waals surface area contributed by atoms with Crippen LogP contribution < -0.4 is 4.74 Å². The quantitative estimate of drug-likeness (QED) is 0.915. The van der Waals surface area contributed by atoms with E-state index in [2.05, 4.69) is 6.07 Å². The highest BCUT2D eigenvalue weighted by molar-refractivity contribution is 5.44. The fourth-order valence-electron chi connectivity index (χ4n) is 2.57. The van der Waals surface area contributed by atoms with Crippen LogP contribution >= 0.6 is 0 Å². The third-order valence-corrected chi connectivity index (χ3v) is 3.57. The lowest BCUT2D eigenvalue weighted by Gasteiger charge is -2.22. The van der Waals surface area contributed by atoms with Crippen LogP contribution in [0.3, 0.4) is 0 Å². The Bertz CT molecular complexity index is 531. The van der Waals surface area contributed by atoms with E-state index in [4.69, 9.17) is 9.15 Å². The third kappa shape index (κ3) is 2.66. The molecule has 3 rings (SSSR count). The summed E-state index contributed by atoms with van der Waals surface area (Å²) < 4.78 is 11.0. The van der Waals surface area contributed by atoms with E-state index >= 15 is 0 Å². The van der Waals surface area contributed by atoms with Crippen molar-refractivity contribution in [3.8, 4) is 5.75 Å². The second-order valence-corrected chi connectivity index (χ2v) is 4.92. The van der Waals surface area contributed by atoms with Crippen molar-refractivity contribution in [2.24, 2.45) is 0 Å². The Kier molecular flexibility index (Phi) is 3.56. The van der Waals surface area contributed by atoms with E-state index in [0.29, 0.717) is 6.42 Å². The smallest absolute Gasteiger partial charge is 0.128 e. The molecule has 0 amide bonds. The number of rotatable bonds is 4. The number of aryl methyl sites for hydroxylation is 2. The third-order valence-electron chi connectivity index (χ3n) is 3.57. The Labute approximate surface area is 112 Å². The van der Waals surface area contributed by atoms with Crippen LogP contribution in [0.2, 0.25) is 0 Å². The molecule has 19 heavy (non-hydrogen) atoms. The van der Waals surface area contributed by atoms with Gasteiger partial charge in [0.1, 0.15) is 11.5 Å². The van der Waals surface area contributed by atoms with Gasteiger partial charge in [-0.15, -0.1) is 0 Å². The minimum absolute atomic E-state index is 0.502. The van der Waals surface area contributed by atoms with Crippen molar-refractivity contribution >= 4 is 0 Å². The monoisotopic (exact) mass is 258 g/mol. The van der Waals surface area contributed by atoms with Crippen LogP contribution in [0, 0.1) is 0 Å². The first-order valence-electron chi connectivity index (χ1n) is 6.79. The number of furan rings is 1. The summed E-state index contributed by atoms with van der Waals surface area (Å²) in [4.78, 5) is 0. The Balaban J connectivity index is 1.74. The van der Waals surface area contributed by atoms with Crippen molar-refractivity contribution in [3.05, 3.63) is 53.5 Å². The second-order valence-electron chi connectivity index (χ2n) is 4.92. The summed E-state index contributed by atoms with van der Waals surface area (Å²) in [6.07, 6.45) is 4.63. The van der Waals surface area contributed by atoms with Gasteiger partial charge in [0.05, 0.1) is 19.0 Å². The van der Waals surface area contributed by atoms with Crippen molar-refractivity contribution in [3.63, 3.8) is 0 Å². The molecule has 0 radical (unpaired) electrons. The van der Waals surface area contributed by atoms with E-state index in [0.717, 1.165) is 42.9 Å². The van der Waals surface area contributed by atoms with Gasteiger partial charge in [-0.1, -0.05) is 18.2 Å². The van der Waals surface area contributed by atoms with E-state index < -0.39 is 6.10 Å². The maximum atomic E-state index is 10.4. The largest absolute Gasteiger partial charge is 0.493 e. The predicted molar refractivity (Wildman–Crippen MR) is 72.2 cm³/mol. The minimum Gasteiger partial charge on any atom is -0.493 e. The highest BCUT2D eigenvalue weighted by Gasteiger charge is 2.19. The zero-order chi connectivity index (χ0) is 13.1. The molecule has 0 fully saturated rings. The van der Waals surface area contributed by atoms with Gasteiger partial charge in [-0.25, -0.2) is 0 Å². The summed E-state index contributed by atoms with van der Waals surface area (Å²) in [6.45, 7) is 0.745. The molecule has 0 spiro atoms. The summed E-state index contributed by atoms with van der Waals surface area (Å²) in [5.41, 5.74) is 2.12. The van der Waals surface area contributed by atoms with Crippen LogP contribution in [-0.4, -0.2) is 11.7 Å². The molecule has 1 aliphatic heterocycles. The Morgan fingerprint density at radius 3 is 3.00 bits per heavy atom. The van der Waals surface area contributed by atoms with Gasteiger partial charge in [0.2, 0.25) is 0 Å². The normalized spacial score (nSPS) is 15.6. The van der Waals surface area contributed by atoms with Crippen molar-refractivity contribution in [2.45, 2.75) is 31.8 Å². The number of fused-ring (bicyclic) bond motifs is 1. The molecule has 3 nitrogen and oxygen atoms in total. The van der Waals surface area contributed by atoms with Gasteiger partial charge in [-0.2, -0.15) is 0 Å². The molecular formula is C16H18O3. The summed E-state index contributed by atoms with van der Waals surface area (Å²) in [6, 6.07) is 9.84. The van der Waals surface area contributed by atoms with Crippen molar-refractivity contribution < 1.29 is 14.3 Å². The second kappa shape index (κ2) is 5.49. The molecule has 3 heteroatoms. The molecule has 0 aliphatic carbocycles. The highest BCUT2D eigenvalue weighted by atomic mass is 16.5. The lowest BCUT2D eigenvalue weighted by atomic mass is 9.97. The number of hydrogen-bond acceptors (Lipinski definition) is 3. The van der Waals surface area contributed by atoms with Gasteiger partial charge in [0.15, 0.2) is 0 Å². The average Bonchev–Trinajstić information content (AvgIpc) is 2.97. The first-order chi connectivity index (χ1) is 9.34. The maximum Gasteiger partial charge on any atom is 0.128 e. The van der Waals surface area contributed by atoms with Crippen molar-refractivity contribution in [2.75, 3.05) is 6.61 Å². The molecule has 1 aromatic heterocycles. The molecule has 1 aromatic carbocycles. The van der Waals surface area contributed by atoms with Crippen molar-refractivity contribution in [1.82, 2.24) is 0 Å². The lowest BCUT2D eigenvalue weighted by Crippen LogP contribution is -2.12. The zero-order valence-electron chi connectivity index (χ0n) is 10.8. The fraction of sp³-hybridized carbons (Fsp3) is 0.375. The van der Waals surface area contributed by atoms with Gasteiger partial charge in [0.25, 0.3) is 0 Å². The standard InChI is InChI=1S/C16H18O3/c17-15(9-8-13-6-3-10-18-13)14-7-1-4-12-5-2-11-19-16(12)14/h1,3-4,6-7,10,15,17H,2,5,8-9,11H2. The summed E-state index contributed by atoms with van der Waals surface area (Å²) in [7, 11) is 0. The fourth-order valence-corrected chi connectivity index (χ4v) is 2.57. The minimum atomic E-state index is -0.502. The molecule has 0 bridgehead atoms. The first kappa shape index (κ1) is 12.3. The molecule has 1 aliphatic rings. The number of hydrogen-bond donors (Lipinski definition) is 1. The van der Waals surface area contributed by atoms with Gasteiger partial charge in [0, 0.05) is 12.0 Å². The van der Waals surface area contributed by atoms with Crippen LogP contribution in [0.5, 0.6) is 5.75 Å². The number of ether oxygens (including phenoxy) is 1. The Hall–Kier alpha value is -1.74. The van der Waals surface area contributed by atoms with Gasteiger partial charge < -0.3 is 14.3 Å². The number of aliphatic hydroxyl groups excluding tert-OH is 1. The predicted octanol–water partition coefficient (Wildman–Crippen LogP) is 3.27. The molecule has 2 heterocycles. The van der Waals surface area contributed by atoms with Crippen LogP contribution in [0.15, 0.2) is 41.0 Å². The van der Waals surface area contributed by atoms with E-state index in [1.54, 1.807) is 6.26 Å². The van der Waals surface area contributed by atoms with Gasteiger partial charge in [-0.3, -0.25) is 0 Å².